The predicted molar refractivity (Wildman–Crippen MR) is 77.4 cm³/mol. The van der Waals surface area contributed by atoms with Gasteiger partial charge >= 0.3 is 0 Å². The third-order valence-corrected chi connectivity index (χ3v) is 2.92. The van der Waals surface area contributed by atoms with Crippen molar-refractivity contribution < 1.29 is 0 Å². The Bertz CT molecular complexity index is 643. The van der Waals surface area contributed by atoms with E-state index in [1.165, 1.54) is 5.56 Å². The maximum atomic E-state index is 8.76. The molecule has 0 atom stereocenters. The van der Waals surface area contributed by atoms with E-state index in [-0.39, 0.29) is 11.4 Å². The standard InChI is InChI=1S/C15H19N5/c1-11-7-12(9-18-15(2,3)4)5-6-13(11)20-10-17-14(8-16)19-20/h5-7,10,18H,9H2,1-4H3. The first-order valence-electron chi connectivity index (χ1n) is 6.56. The third-order valence-electron chi connectivity index (χ3n) is 2.92. The molecule has 0 aliphatic heterocycles. The molecule has 0 saturated heterocycles. The zero-order chi connectivity index (χ0) is 14.8. The number of benzene rings is 1. The number of nitrogens with zero attached hydrogens (tertiary/aromatic N) is 4. The van der Waals surface area contributed by atoms with E-state index >= 15 is 0 Å². The maximum Gasteiger partial charge on any atom is 0.252 e. The second-order valence-corrected chi connectivity index (χ2v) is 5.85. The molecule has 1 heterocycles. The van der Waals surface area contributed by atoms with Gasteiger partial charge in [0.25, 0.3) is 5.82 Å². The van der Waals surface area contributed by atoms with Gasteiger partial charge in [-0.1, -0.05) is 12.1 Å². The average molecular weight is 269 g/mol. The van der Waals surface area contributed by atoms with Gasteiger partial charge in [0.1, 0.15) is 12.4 Å². The second kappa shape index (κ2) is 5.43. The lowest BCUT2D eigenvalue weighted by molar-refractivity contribution is 0.424. The summed E-state index contributed by atoms with van der Waals surface area (Å²) in [5.74, 6) is 0.183. The number of aryl methyl sites for hydroxylation is 1. The highest BCUT2D eigenvalue weighted by Crippen LogP contribution is 2.15. The molecule has 1 N–H and O–H groups in total. The van der Waals surface area contributed by atoms with Crippen LogP contribution in [-0.4, -0.2) is 20.3 Å². The molecule has 0 amide bonds. The van der Waals surface area contributed by atoms with E-state index in [2.05, 4.69) is 48.3 Å². The van der Waals surface area contributed by atoms with E-state index in [0.717, 1.165) is 17.8 Å². The highest BCUT2D eigenvalue weighted by Gasteiger charge is 2.10. The van der Waals surface area contributed by atoms with Crippen molar-refractivity contribution in [2.24, 2.45) is 0 Å². The molecule has 1 aromatic carbocycles. The van der Waals surface area contributed by atoms with Crippen LogP contribution in [0.15, 0.2) is 24.5 Å². The highest BCUT2D eigenvalue weighted by molar-refractivity contribution is 5.42. The minimum absolute atomic E-state index is 0.0974. The fraction of sp³-hybridized carbons (Fsp3) is 0.400. The van der Waals surface area contributed by atoms with E-state index in [1.807, 2.05) is 19.1 Å². The van der Waals surface area contributed by atoms with Crippen LogP contribution in [0.25, 0.3) is 5.69 Å². The van der Waals surface area contributed by atoms with Crippen molar-refractivity contribution in [3.8, 4) is 11.8 Å². The first-order chi connectivity index (χ1) is 9.39. The number of nitriles is 1. The normalized spacial score (nSPS) is 11.3. The number of aromatic nitrogens is 3. The molecule has 20 heavy (non-hydrogen) atoms. The highest BCUT2D eigenvalue weighted by atomic mass is 15.3. The van der Waals surface area contributed by atoms with E-state index in [9.17, 15) is 0 Å². The third kappa shape index (κ3) is 3.43. The summed E-state index contributed by atoms with van der Waals surface area (Å²) in [6.07, 6.45) is 1.56. The molecular weight excluding hydrogens is 250 g/mol. The molecule has 0 fully saturated rings. The van der Waals surface area contributed by atoms with Crippen LogP contribution < -0.4 is 5.32 Å². The largest absolute Gasteiger partial charge is 0.308 e. The van der Waals surface area contributed by atoms with Crippen LogP contribution in [0.3, 0.4) is 0 Å². The van der Waals surface area contributed by atoms with Crippen molar-refractivity contribution in [2.75, 3.05) is 0 Å². The lowest BCUT2D eigenvalue weighted by Crippen LogP contribution is -2.35. The number of nitrogens with one attached hydrogen (secondary N) is 1. The molecule has 1 aromatic heterocycles. The SMILES string of the molecule is Cc1cc(CNC(C)(C)C)ccc1-n1cnc(C#N)n1. The Morgan fingerprint density at radius 1 is 1.35 bits per heavy atom. The van der Waals surface area contributed by atoms with Crippen LogP contribution in [0.1, 0.15) is 37.7 Å². The van der Waals surface area contributed by atoms with E-state index in [1.54, 1.807) is 11.0 Å². The molecule has 104 valence electrons. The van der Waals surface area contributed by atoms with Gasteiger partial charge in [-0.3, -0.25) is 0 Å². The van der Waals surface area contributed by atoms with Crippen LogP contribution in [0.2, 0.25) is 0 Å². The van der Waals surface area contributed by atoms with E-state index in [0.29, 0.717) is 0 Å². The Hall–Kier alpha value is -2.19. The van der Waals surface area contributed by atoms with Crippen LogP contribution >= 0.6 is 0 Å². The minimum atomic E-state index is 0.0974. The lowest BCUT2D eigenvalue weighted by Gasteiger charge is -2.21. The summed E-state index contributed by atoms with van der Waals surface area (Å²) in [7, 11) is 0. The molecule has 0 spiro atoms. The topological polar surface area (TPSA) is 66.5 Å². The van der Waals surface area contributed by atoms with Gasteiger partial charge in [-0.05, 0) is 44.9 Å². The van der Waals surface area contributed by atoms with Gasteiger partial charge < -0.3 is 5.32 Å². The summed E-state index contributed by atoms with van der Waals surface area (Å²) in [6, 6.07) is 8.13. The smallest absolute Gasteiger partial charge is 0.252 e. The molecule has 0 unspecified atom stereocenters. The van der Waals surface area contributed by atoms with Crippen molar-refractivity contribution >= 4 is 0 Å². The lowest BCUT2D eigenvalue weighted by atomic mass is 10.1. The zero-order valence-electron chi connectivity index (χ0n) is 12.3. The predicted octanol–water partition coefficient (Wildman–Crippen LogP) is 2.34. The fourth-order valence-electron chi connectivity index (χ4n) is 1.88. The molecular formula is C15H19N5. The Balaban J connectivity index is 2.20. The summed E-state index contributed by atoms with van der Waals surface area (Å²) >= 11 is 0. The fourth-order valence-corrected chi connectivity index (χ4v) is 1.88. The number of hydrogen-bond donors (Lipinski definition) is 1. The van der Waals surface area contributed by atoms with Crippen LogP contribution in [-0.2, 0) is 6.54 Å². The van der Waals surface area contributed by atoms with Gasteiger partial charge in [0.2, 0.25) is 0 Å². The van der Waals surface area contributed by atoms with E-state index in [4.69, 9.17) is 5.26 Å². The average Bonchev–Trinajstić information content (AvgIpc) is 2.84. The Kier molecular flexibility index (Phi) is 3.86. The molecule has 0 saturated carbocycles. The first kappa shape index (κ1) is 14.2. The summed E-state index contributed by atoms with van der Waals surface area (Å²) < 4.78 is 1.63. The van der Waals surface area contributed by atoms with Crippen LogP contribution in [0.4, 0.5) is 0 Å². The Morgan fingerprint density at radius 2 is 2.10 bits per heavy atom. The van der Waals surface area contributed by atoms with Gasteiger partial charge in [0, 0.05) is 12.1 Å². The second-order valence-electron chi connectivity index (χ2n) is 5.85. The van der Waals surface area contributed by atoms with Crippen LogP contribution in [0, 0.1) is 18.3 Å². The summed E-state index contributed by atoms with van der Waals surface area (Å²) in [5, 5.41) is 16.3. The van der Waals surface area contributed by atoms with Crippen molar-refractivity contribution in [1.29, 1.82) is 5.26 Å². The quantitative estimate of drug-likeness (QED) is 0.928. The number of hydrogen-bond acceptors (Lipinski definition) is 4. The maximum absolute atomic E-state index is 8.76. The summed E-state index contributed by atoms with van der Waals surface area (Å²) in [4.78, 5) is 3.92. The van der Waals surface area contributed by atoms with Gasteiger partial charge in [-0.15, -0.1) is 5.10 Å². The molecule has 0 aliphatic rings. The summed E-state index contributed by atoms with van der Waals surface area (Å²) in [6.45, 7) is 9.29. The van der Waals surface area contributed by atoms with Crippen molar-refractivity contribution in [3.05, 3.63) is 41.5 Å². The van der Waals surface area contributed by atoms with Gasteiger partial charge in [0.15, 0.2) is 0 Å². The Morgan fingerprint density at radius 3 is 2.65 bits per heavy atom. The monoisotopic (exact) mass is 269 g/mol. The summed E-state index contributed by atoms with van der Waals surface area (Å²) in [5.41, 5.74) is 3.37. The molecule has 2 aromatic rings. The first-order valence-corrected chi connectivity index (χ1v) is 6.56. The molecule has 5 nitrogen and oxygen atoms in total. The zero-order valence-corrected chi connectivity index (χ0v) is 12.3. The van der Waals surface area contributed by atoms with Crippen molar-refractivity contribution in [2.45, 2.75) is 39.8 Å². The molecule has 5 heteroatoms. The molecule has 0 bridgehead atoms. The molecule has 0 aliphatic carbocycles. The Labute approximate surface area is 119 Å². The molecule has 0 radical (unpaired) electrons. The van der Waals surface area contributed by atoms with Crippen molar-refractivity contribution in [3.63, 3.8) is 0 Å². The van der Waals surface area contributed by atoms with Crippen molar-refractivity contribution in [1.82, 2.24) is 20.1 Å². The molecule has 2 rings (SSSR count). The van der Waals surface area contributed by atoms with Gasteiger partial charge in [-0.25, -0.2) is 9.67 Å². The number of rotatable bonds is 3. The minimum Gasteiger partial charge on any atom is -0.308 e. The van der Waals surface area contributed by atoms with Gasteiger partial charge in [0.05, 0.1) is 5.69 Å². The van der Waals surface area contributed by atoms with E-state index < -0.39 is 0 Å². The van der Waals surface area contributed by atoms with Crippen LogP contribution in [0.5, 0.6) is 0 Å². The van der Waals surface area contributed by atoms with Gasteiger partial charge in [-0.2, -0.15) is 5.26 Å².